The topological polar surface area (TPSA) is 52.9 Å². The Hall–Kier alpha value is -2.08. The molecule has 0 unspecified atom stereocenters. The summed E-state index contributed by atoms with van der Waals surface area (Å²) in [7, 11) is 0. The minimum absolute atomic E-state index is 0.158. The maximum atomic E-state index is 11.3. The predicted octanol–water partition coefficient (Wildman–Crippen LogP) is 1.98. The zero-order valence-corrected chi connectivity index (χ0v) is 9.18. The smallest absolute Gasteiger partial charge is 0.244 e. The maximum Gasteiger partial charge on any atom is 0.244 e. The van der Waals surface area contributed by atoms with Crippen LogP contribution in [0.5, 0.6) is 0 Å². The number of carbonyl (C=O) groups is 1. The van der Waals surface area contributed by atoms with Crippen LogP contribution < -0.4 is 5.32 Å². The van der Waals surface area contributed by atoms with Crippen molar-refractivity contribution in [3.05, 3.63) is 42.0 Å². The van der Waals surface area contributed by atoms with Gasteiger partial charge in [0, 0.05) is 12.6 Å². The van der Waals surface area contributed by atoms with Gasteiger partial charge in [-0.2, -0.15) is 5.26 Å². The van der Waals surface area contributed by atoms with Gasteiger partial charge in [-0.3, -0.25) is 4.79 Å². The standard InChI is InChI=1S/C13H14N2O/c1-11(9-14)10-15-13(16)8-7-12-5-3-2-4-6-12/h2-8,11H,10H2,1H3,(H,15,16)/b8-7-/t11-/m1/s1. The third kappa shape index (κ3) is 4.43. The van der Waals surface area contributed by atoms with Gasteiger partial charge in [-0.1, -0.05) is 30.3 Å². The second-order valence-corrected chi connectivity index (χ2v) is 3.52. The highest BCUT2D eigenvalue weighted by atomic mass is 16.1. The summed E-state index contributed by atoms with van der Waals surface area (Å²) in [5.41, 5.74) is 0.978. The van der Waals surface area contributed by atoms with E-state index in [1.54, 1.807) is 13.0 Å². The van der Waals surface area contributed by atoms with Crippen molar-refractivity contribution >= 4 is 12.0 Å². The summed E-state index contributed by atoms with van der Waals surface area (Å²) in [4.78, 5) is 11.3. The number of rotatable bonds is 4. The van der Waals surface area contributed by atoms with Gasteiger partial charge in [-0.25, -0.2) is 0 Å². The molecular formula is C13H14N2O. The molecule has 3 heteroatoms. The molecule has 1 atom stereocenters. The van der Waals surface area contributed by atoms with Gasteiger partial charge >= 0.3 is 0 Å². The number of nitriles is 1. The zero-order valence-electron chi connectivity index (χ0n) is 9.18. The molecule has 0 saturated carbocycles. The van der Waals surface area contributed by atoms with Crippen molar-refractivity contribution in [3.63, 3.8) is 0 Å². The molecule has 0 aromatic heterocycles. The first-order valence-corrected chi connectivity index (χ1v) is 5.13. The molecular weight excluding hydrogens is 200 g/mol. The summed E-state index contributed by atoms with van der Waals surface area (Å²) < 4.78 is 0. The first-order valence-electron chi connectivity index (χ1n) is 5.13. The summed E-state index contributed by atoms with van der Waals surface area (Å²) in [6.45, 7) is 2.15. The van der Waals surface area contributed by atoms with E-state index in [1.165, 1.54) is 6.08 Å². The minimum Gasteiger partial charge on any atom is -0.351 e. The van der Waals surface area contributed by atoms with Crippen LogP contribution in [-0.4, -0.2) is 12.5 Å². The van der Waals surface area contributed by atoms with Crippen molar-refractivity contribution < 1.29 is 4.79 Å². The third-order valence-corrected chi connectivity index (χ3v) is 2.03. The Labute approximate surface area is 95.4 Å². The van der Waals surface area contributed by atoms with E-state index in [0.717, 1.165) is 5.56 Å². The monoisotopic (exact) mass is 214 g/mol. The number of carbonyl (C=O) groups excluding carboxylic acids is 1. The highest BCUT2D eigenvalue weighted by molar-refractivity contribution is 5.91. The Balaban J connectivity index is 2.41. The van der Waals surface area contributed by atoms with E-state index in [0.29, 0.717) is 6.54 Å². The van der Waals surface area contributed by atoms with Gasteiger partial charge in [0.1, 0.15) is 0 Å². The van der Waals surface area contributed by atoms with Crippen molar-refractivity contribution in [2.45, 2.75) is 6.92 Å². The molecule has 1 N–H and O–H groups in total. The lowest BCUT2D eigenvalue weighted by Gasteiger charge is -2.02. The second kappa shape index (κ2) is 6.41. The summed E-state index contributed by atoms with van der Waals surface area (Å²) >= 11 is 0. The van der Waals surface area contributed by atoms with Gasteiger partial charge in [-0.05, 0) is 18.6 Å². The average molecular weight is 214 g/mol. The molecule has 1 amide bonds. The van der Waals surface area contributed by atoms with E-state index in [-0.39, 0.29) is 11.8 Å². The Kier molecular flexibility index (Phi) is 4.81. The molecule has 16 heavy (non-hydrogen) atoms. The third-order valence-electron chi connectivity index (χ3n) is 2.03. The fourth-order valence-electron chi connectivity index (χ4n) is 1.09. The molecule has 0 bridgehead atoms. The first kappa shape index (κ1) is 12.0. The van der Waals surface area contributed by atoms with Gasteiger partial charge in [0.25, 0.3) is 0 Å². The molecule has 3 nitrogen and oxygen atoms in total. The molecule has 1 rings (SSSR count). The fourth-order valence-corrected chi connectivity index (χ4v) is 1.09. The zero-order chi connectivity index (χ0) is 11.8. The van der Waals surface area contributed by atoms with Gasteiger partial charge in [0.2, 0.25) is 5.91 Å². The fraction of sp³-hybridized carbons (Fsp3) is 0.231. The highest BCUT2D eigenvalue weighted by Crippen LogP contribution is 2.00. The van der Waals surface area contributed by atoms with Gasteiger partial charge in [0.15, 0.2) is 0 Å². The number of amides is 1. The molecule has 0 radical (unpaired) electrons. The molecule has 0 fully saturated rings. The van der Waals surface area contributed by atoms with Crippen molar-refractivity contribution in [1.29, 1.82) is 5.26 Å². The van der Waals surface area contributed by atoms with E-state index in [4.69, 9.17) is 5.26 Å². The molecule has 0 aliphatic heterocycles. The molecule has 0 aliphatic carbocycles. The van der Waals surface area contributed by atoms with Crippen LogP contribution in [0.3, 0.4) is 0 Å². The number of nitrogens with one attached hydrogen (secondary N) is 1. The van der Waals surface area contributed by atoms with Crippen LogP contribution in [0.1, 0.15) is 12.5 Å². The lowest BCUT2D eigenvalue weighted by molar-refractivity contribution is -0.116. The van der Waals surface area contributed by atoms with E-state index >= 15 is 0 Å². The average Bonchev–Trinajstić information content (AvgIpc) is 2.34. The molecule has 1 aromatic rings. The van der Waals surface area contributed by atoms with Gasteiger partial charge in [0.05, 0.1) is 12.0 Å². The Morgan fingerprint density at radius 3 is 2.81 bits per heavy atom. The molecule has 1 aromatic carbocycles. The molecule has 0 spiro atoms. The summed E-state index contributed by atoms with van der Waals surface area (Å²) in [6, 6.07) is 11.6. The lowest BCUT2D eigenvalue weighted by Crippen LogP contribution is -2.25. The van der Waals surface area contributed by atoms with Crippen LogP contribution in [0.25, 0.3) is 6.08 Å². The van der Waals surface area contributed by atoms with Gasteiger partial charge in [-0.15, -0.1) is 0 Å². The quantitative estimate of drug-likeness (QED) is 0.779. The summed E-state index contributed by atoms with van der Waals surface area (Å²) in [5, 5.41) is 11.2. The van der Waals surface area contributed by atoms with Crippen molar-refractivity contribution in [3.8, 4) is 6.07 Å². The number of benzene rings is 1. The van der Waals surface area contributed by atoms with Crippen LogP contribution in [0.2, 0.25) is 0 Å². The lowest BCUT2D eigenvalue weighted by atomic mass is 10.2. The predicted molar refractivity (Wildman–Crippen MR) is 63.3 cm³/mol. The minimum atomic E-state index is -0.175. The Morgan fingerprint density at radius 1 is 1.50 bits per heavy atom. The second-order valence-electron chi connectivity index (χ2n) is 3.52. The summed E-state index contributed by atoms with van der Waals surface area (Å²) in [5.74, 6) is -0.333. The van der Waals surface area contributed by atoms with Crippen LogP contribution in [0.15, 0.2) is 36.4 Å². The molecule has 0 aliphatic rings. The van der Waals surface area contributed by atoms with Crippen LogP contribution in [0, 0.1) is 17.2 Å². The Bertz CT molecular complexity index is 404. The maximum absolute atomic E-state index is 11.3. The van der Waals surface area contributed by atoms with E-state index in [1.807, 2.05) is 30.3 Å². The normalized spacial score (nSPS) is 12.0. The van der Waals surface area contributed by atoms with Crippen LogP contribution >= 0.6 is 0 Å². The van der Waals surface area contributed by atoms with Crippen molar-refractivity contribution in [2.75, 3.05) is 6.54 Å². The van der Waals surface area contributed by atoms with Crippen LogP contribution in [-0.2, 0) is 4.79 Å². The van der Waals surface area contributed by atoms with Crippen molar-refractivity contribution in [2.24, 2.45) is 5.92 Å². The van der Waals surface area contributed by atoms with E-state index < -0.39 is 0 Å². The highest BCUT2D eigenvalue weighted by Gasteiger charge is 2.00. The largest absolute Gasteiger partial charge is 0.351 e. The number of hydrogen-bond acceptors (Lipinski definition) is 2. The molecule has 0 heterocycles. The van der Waals surface area contributed by atoms with E-state index in [2.05, 4.69) is 11.4 Å². The summed E-state index contributed by atoms with van der Waals surface area (Å²) in [6.07, 6.45) is 3.21. The van der Waals surface area contributed by atoms with E-state index in [9.17, 15) is 4.79 Å². The molecule has 82 valence electrons. The number of hydrogen-bond donors (Lipinski definition) is 1. The van der Waals surface area contributed by atoms with Gasteiger partial charge < -0.3 is 5.32 Å². The van der Waals surface area contributed by atoms with Crippen LogP contribution in [0.4, 0.5) is 0 Å². The first-order chi connectivity index (χ1) is 7.72. The Morgan fingerprint density at radius 2 is 2.19 bits per heavy atom. The number of nitrogens with zero attached hydrogens (tertiary/aromatic N) is 1. The molecule has 0 saturated heterocycles. The SMILES string of the molecule is C[C@H](C#N)CNC(=O)/C=C\c1ccccc1. The van der Waals surface area contributed by atoms with Crippen molar-refractivity contribution in [1.82, 2.24) is 5.32 Å².